The number of nitrogens with zero attached hydrogens (tertiary/aromatic N) is 1. The highest BCUT2D eigenvalue weighted by molar-refractivity contribution is 5.87. The molecular weight excluding hydrogens is 264 g/mol. The second-order valence-corrected chi connectivity index (χ2v) is 4.27. The number of anilines is 1. The zero-order chi connectivity index (χ0) is 15.9. The van der Waals surface area contributed by atoms with E-state index in [0.29, 0.717) is 5.69 Å². The van der Waals surface area contributed by atoms with Crippen molar-refractivity contribution in [2.45, 2.75) is 39.5 Å². The van der Waals surface area contributed by atoms with Gasteiger partial charge in [0.15, 0.2) is 0 Å². The van der Waals surface area contributed by atoms with Gasteiger partial charge in [-0.2, -0.15) is 0 Å². The van der Waals surface area contributed by atoms with Crippen molar-refractivity contribution in [2.75, 3.05) is 5.73 Å². The van der Waals surface area contributed by atoms with Crippen LogP contribution < -0.4 is 5.73 Å². The average Bonchev–Trinajstić information content (AvgIpc) is 2.28. The minimum absolute atomic E-state index is 0.259. The summed E-state index contributed by atoms with van der Waals surface area (Å²) in [7, 11) is 0. The molecule has 0 saturated carbocycles. The summed E-state index contributed by atoms with van der Waals surface area (Å²) >= 11 is 0. The lowest BCUT2D eigenvalue weighted by atomic mass is 10.2. The smallest absolute Gasteiger partial charge is 0.335 e. The van der Waals surface area contributed by atoms with E-state index in [9.17, 15) is 4.79 Å². The van der Waals surface area contributed by atoms with E-state index in [1.807, 2.05) is 0 Å². The SMILES string of the molecule is CC(O)N(C(C)O)C(C)O.Nc1ccc(C(=O)O)cc1. The van der Waals surface area contributed by atoms with Crippen LogP contribution in [0.1, 0.15) is 31.1 Å². The number of carboxylic acids is 1. The van der Waals surface area contributed by atoms with Crippen LogP contribution >= 0.6 is 0 Å². The molecule has 1 aromatic rings. The zero-order valence-electron chi connectivity index (χ0n) is 11.8. The van der Waals surface area contributed by atoms with Crippen molar-refractivity contribution < 1.29 is 25.2 Å². The number of nitrogens with two attached hydrogens (primary N) is 1. The van der Waals surface area contributed by atoms with Crippen LogP contribution in [-0.2, 0) is 0 Å². The Balaban J connectivity index is 0.000000361. The molecule has 0 aliphatic carbocycles. The highest BCUT2D eigenvalue weighted by Gasteiger charge is 2.20. The van der Waals surface area contributed by atoms with Crippen molar-refractivity contribution in [3.8, 4) is 0 Å². The van der Waals surface area contributed by atoms with Gasteiger partial charge in [0.2, 0.25) is 0 Å². The van der Waals surface area contributed by atoms with Crippen molar-refractivity contribution >= 4 is 11.7 Å². The number of nitrogen functional groups attached to an aromatic ring is 1. The molecule has 0 saturated heterocycles. The van der Waals surface area contributed by atoms with Gasteiger partial charge in [-0.15, -0.1) is 0 Å². The fourth-order valence-corrected chi connectivity index (χ4v) is 1.56. The Morgan fingerprint density at radius 2 is 1.35 bits per heavy atom. The molecule has 0 aliphatic rings. The number of benzene rings is 1. The maximum atomic E-state index is 10.3. The third kappa shape index (κ3) is 6.48. The number of aliphatic hydroxyl groups excluding tert-OH is 3. The van der Waals surface area contributed by atoms with Crippen LogP contribution in [0.2, 0.25) is 0 Å². The molecule has 0 bridgehead atoms. The summed E-state index contributed by atoms with van der Waals surface area (Å²) in [4.78, 5) is 11.4. The number of carboxylic acid groups (broad SMARTS) is 1. The van der Waals surface area contributed by atoms with Gasteiger partial charge in [0.05, 0.1) is 5.56 Å². The minimum Gasteiger partial charge on any atom is -0.478 e. The van der Waals surface area contributed by atoms with Gasteiger partial charge in [-0.25, -0.2) is 9.69 Å². The Morgan fingerprint density at radius 1 is 1.00 bits per heavy atom. The van der Waals surface area contributed by atoms with Crippen LogP contribution in [0.4, 0.5) is 5.69 Å². The maximum absolute atomic E-state index is 10.3. The summed E-state index contributed by atoms with van der Waals surface area (Å²) in [6, 6.07) is 6.06. The molecule has 0 aromatic heterocycles. The number of aromatic carboxylic acids is 1. The van der Waals surface area contributed by atoms with Gasteiger partial charge in [-0.05, 0) is 45.0 Å². The third-order valence-electron chi connectivity index (χ3n) is 2.45. The molecule has 0 fully saturated rings. The van der Waals surface area contributed by atoms with E-state index in [2.05, 4.69) is 0 Å². The topological polar surface area (TPSA) is 127 Å². The molecule has 7 nitrogen and oxygen atoms in total. The first-order chi connectivity index (χ1) is 9.16. The van der Waals surface area contributed by atoms with E-state index in [4.69, 9.17) is 26.2 Å². The first-order valence-corrected chi connectivity index (χ1v) is 6.07. The molecule has 0 heterocycles. The van der Waals surface area contributed by atoms with Crippen molar-refractivity contribution in [1.29, 1.82) is 0 Å². The van der Waals surface area contributed by atoms with E-state index < -0.39 is 24.7 Å². The summed E-state index contributed by atoms with van der Waals surface area (Å²) in [6.07, 6.45) is -2.50. The summed E-state index contributed by atoms with van der Waals surface area (Å²) < 4.78 is 0. The summed E-state index contributed by atoms with van der Waals surface area (Å²) in [5, 5.41) is 35.3. The first kappa shape index (κ1) is 18.3. The number of aliphatic hydroxyl groups is 3. The molecule has 0 amide bonds. The maximum Gasteiger partial charge on any atom is 0.335 e. The minimum atomic E-state index is -0.931. The van der Waals surface area contributed by atoms with Gasteiger partial charge in [-0.1, -0.05) is 0 Å². The highest BCUT2D eigenvalue weighted by Crippen LogP contribution is 2.05. The van der Waals surface area contributed by atoms with Crippen molar-refractivity contribution in [1.82, 2.24) is 4.90 Å². The standard InChI is InChI=1S/C7H7NO2.C6H15NO3/c8-6-3-1-5(2-4-6)7(9)10;1-4(8)7(5(2)9)6(3)10/h1-4H,8H2,(H,9,10);4-6,8-10H,1-3H3. The summed E-state index contributed by atoms with van der Waals surface area (Å²) in [6.45, 7) is 4.46. The quantitative estimate of drug-likeness (QED) is 0.397. The van der Waals surface area contributed by atoms with Gasteiger partial charge < -0.3 is 26.2 Å². The molecule has 0 radical (unpaired) electrons. The van der Waals surface area contributed by atoms with Crippen LogP contribution in [0.15, 0.2) is 24.3 Å². The van der Waals surface area contributed by atoms with E-state index in [1.54, 1.807) is 12.1 Å². The van der Waals surface area contributed by atoms with E-state index in [1.165, 1.54) is 37.8 Å². The van der Waals surface area contributed by atoms with Crippen molar-refractivity contribution in [3.05, 3.63) is 29.8 Å². The second kappa shape index (κ2) is 8.49. The molecule has 3 unspecified atom stereocenters. The van der Waals surface area contributed by atoms with Crippen LogP contribution in [0.3, 0.4) is 0 Å². The fourth-order valence-electron chi connectivity index (χ4n) is 1.56. The zero-order valence-corrected chi connectivity index (χ0v) is 11.8. The molecule has 3 atom stereocenters. The molecule has 1 rings (SSSR count). The third-order valence-corrected chi connectivity index (χ3v) is 2.45. The lowest BCUT2D eigenvalue weighted by molar-refractivity contribution is -0.159. The fraction of sp³-hybridized carbons (Fsp3) is 0.462. The normalized spacial score (nSPS) is 14.9. The van der Waals surface area contributed by atoms with Crippen LogP contribution in [0.5, 0.6) is 0 Å². The summed E-state index contributed by atoms with van der Waals surface area (Å²) in [5.41, 5.74) is 6.17. The second-order valence-electron chi connectivity index (χ2n) is 4.27. The molecule has 6 N–H and O–H groups in total. The Hall–Kier alpha value is -1.67. The van der Waals surface area contributed by atoms with E-state index in [-0.39, 0.29) is 5.56 Å². The lowest BCUT2D eigenvalue weighted by Gasteiger charge is -2.30. The summed E-state index contributed by atoms with van der Waals surface area (Å²) in [5.74, 6) is -0.931. The lowest BCUT2D eigenvalue weighted by Crippen LogP contribution is -2.45. The Kier molecular flexibility index (Phi) is 7.78. The van der Waals surface area contributed by atoms with E-state index in [0.717, 1.165) is 0 Å². The van der Waals surface area contributed by atoms with Crippen LogP contribution in [-0.4, -0.2) is 50.0 Å². The predicted octanol–water partition coefficient (Wildman–Crippen LogP) is 0.270. The molecule has 7 heteroatoms. The Bertz CT molecular complexity index is 385. The molecular formula is C13H22N2O5. The first-order valence-electron chi connectivity index (χ1n) is 6.07. The van der Waals surface area contributed by atoms with Gasteiger partial charge >= 0.3 is 5.97 Å². The Labute approximate surface area is 117 Å². The van der Waals surface area contributed by atoms with E-state index >= 15 is 0 Å². The van der Waals surface area contributed by atoms with Gasteiger partial charge in [0.25, 0.3) is 0 Å². The van der Waals surface area contributed by atoms with Crippen molar-refractivity contribution in [2.24, 2.45) is 0 Å². The Morgan fingerprint density at radius 3 is 1.55 bits per heavy atom. The van der Waals surface area contributed by atoms with Gasteiger partial charge in [0, 0.05) is 5.69 Å². The number of hydrogen-bond acceptors (Lipinski definition) is 6. The van der Waals surface area contributed by atoms with Gasteiger partial charge in [0.1, 0.15) is 18.7 Å². The molecule has 114 valence electrons. The number of rotatable bonds is 4. The highest BCUT2D eigenvalue weighted by atomic mass is 16.4. The number of hydrogen-bond donors (Lipinski definition) is 5. The molecule has 0 spiro atoms. The van der Waals surface area contributed by atoms with Crippen LogP contribution in [0.25, 0.3) is 0 Å². The average molecular weight is 286 g/mol. The number of carbonyl (C=O) groups is 1. The van der Waals surface area contributed by atoms with Crippen molar-refractivity contribution in [3.63, 3.8) is 0 Å². The monoisotopic (exact) mass is 286 g/mol. The predicted molar refractivity (Wildman–Crippen MR) is 74.7 cm³/mol. The largest absolute Gasteiger partial charge is 0.478 e. The molecule has 0 aliphatic heterocycles. The molecule has 1 aromatic carbocycles. The molecule has 20 heavy (non-hydrogen) atoms. The van der Waals surface area contributed by atoms with Gasteiger partial charge in [-0.3, -0.25) is 0 Å². The van der Waals surface area contributed by atoms with Crippen LogP contribution in [0, 0.1) is 0 Å².